The number of methoxy groups -OCH3 is 1. The van der Waals surface area contributed by atoms with Gasteiger partial charge in [-0.05, 0) is 6.07 Å². The number of aromatic nitrogens is 1. The van der Waals surface area contributed by atoms with Crippen LogP contribution < -0.4 is 15.0 Å². The summed E-state index contributed by atoms with van der Waals surface area (Å²) in [6, 6.07) is 3.74. The first-order valence-electron chi connectivity index (χ1n) is 4.29. The van der Waals surface area contributed by atoms with Gasteiger partial charge < -0.3 is 15.0 Å². The number of anilines is 1. The summed E-state index contributed by atoms with van der Waals surface area (Å²) in [7, 11) is 5.34. The van der Waals surface area contributed by atoms with E-state index in [0.29, 0.717) is 5.88 Å². The lowest BCUT2D eigenvalue weighted by atomic mass is 10.4. The molecule has 0 saturated heterocycles. The van der Waals surface area contributed by atoms with Gasteiger partial charge in [-0.15, -0.1) is 0 Å². The summed E-state index contributed by atoms with van der Waals surface area (Å²) in [5, 5.41) is 2.96. The van der Waals surface area contributed by atoms with Crippen LogP contribution in [-0.4, -0.2) is 26.2 Å². The Bertz CT molecular complexity index is 308. The van der Waals surface area contributed by atoms with Crippen molar-refractivity contribution in [2.45, 2.75) is 0 Å². The van der Waals surface area contributed by atoms with Gasteiger partial charge in [0.05, 0.1) is 24.8 Å². The minimum absolute atomic E-state index is 0.609. The number of pyridine rings is 1. The molecule has 0 aromatic carbocycles. The van der Waals surface area contributed by atoms with Gasteiger partial charge >= 0.3 is 0 Å². The van der Waals surface area contributed by atoms with Crippen molar-refractivity contribution in [3.05, 3.63) is 30.7 Å². The highest BCUT2D eigenvalue weighted by Crippen LogP contribution is 2.16. The molecule has 0 bridgehead atoms. The number of nitrogens with one attached hydrogen (secondary N) is 1. The highest BCUT2D eigenvalue weighted by molar-refractivity contribution is 5.49. The Morgan fingerprint density at radius 1 is 1.57 bits per heavy atom. The van der Waals surface area contributed by atoms with E-state index in [1.807, 2.05) is 31.1 Å². The largest absolute Gasteiger partial charge is 0.481 e. The Kier molecular flexibility index (Phi) is 3.34. The predicted octanol–water partition coefficient (Wildman–Crippen LogP) is 1.22. The first kappa shape index (κ1) is 10.4. The summed E-state index contributed by atoms with van der Waals surface area (Å²) < 4.78 is 4.97. The summed E-state index contributed by atoms with van der Waals surface area (Å²) in [6.45, 7) is 3.85. The fourth-order valence-electron chi connectivity index (χ4n) is 1.02. The van der Waals surface area contributed by atoms with Crippen LogP contribution in [0.4, 0.5) is 5.69 Å². The second-order valence-corrected chi connectivity index (χ2v) is 2.81. The first-order valence-corrected chi connectivity index (χ1v) is 4.29. The molecule has 4 nitrogen and oxygen atoms in total. The standard InChI is InChI=1S/C10H15N3O/c1-8(11-2)13(3)9-5-6-10(14-4)12-7-9/h5-7,11H,1H2,2-4H3. The molecule has 0 aliphatic heterocycles. The molecular weight excluding hydrogens is 178 g/mol. The lowest BCUT2D eigenvalue weighted by Gasteiger charge is -2.20. The monoisotopic (exact) mass is 193 g/mol. The summed E-state index contributed by atoms with van der Waals surface area (Å²) in [6.07, 6.45) is 1.74. The third-order valence-corrected chi connectivity index (χ3v) is 2.01. The molecule has 1 heterocycles. The van der Waals surface area contributed by atoms with Crippen molar-refractivity contribution in [2.75, 3.05) is 26.1 Å². The predicted molar refractivity (Wildman–Crippen MR) is 57.4 cm³/mol. The van der Waals surface area contributed by atoms with Gasteiger partial charge in [0.1, 0.15) is 0 Å². The van der Waals surface area contributed by atoms with Gasteiger partial charge in [0.15, 0.2) is 0 Å². The minimum Gasteiger partial charge on any atom is -0.481 e. The Labute approximate surface area is 84.2 Å². The average Bonchev–Trinajstić information content (AvgIpc) is 2.27. The van der Waals surface area contributed by atoms with E-state index in [0.717, 1.165) is 11.5 Å². The normalized spacial score (nSPS) is 9.36. The van der Waals surface area contributed by atoms with Crippen LogP contribution >= 0.6 is 0 Å². The number of hydrogen-bond donors (Lipinski definition) is 1. The molecular formula is C10H15N3O. The number of ether oxygens (including phenoxy) is 1. The molecule has 76 valence electrons. The maximum Gasteiger partial charge on any atom is 0.213 e. The molecule has 0 amide bonds. The van der Waals surface area contributed by atoms with Crippen LogP contribution in [-0.2, 0) is 0 Å². The highest BCUT2D eigenvalue weighted by Gasteiger charge is 2.03. The molecule has 0 fully saturated rings. The Morgan fingerprint density at radius 2 is 2.29 bits per heavy atom. The van der Waals surface area contributed by atoms with Crippen LogP contribution in [0.3, 0.4) is 0 Å². The van der Waals surface area contributed by atoms with Crippen LogP contribution in [0.5, 0.6) is 5.88 Å². The molecule has 0 radical (unpaired) electrons. The van der Waals surface area contributed by atoms with Gasteiger partial charge in [-0.1, -0.05) is 6.58 Å². The van der Waals surface area contributed by atoms with Crippen molar-refractivity contribution in [3.8, 4) is 5.88 Å². The third kappa shape index (κ3) is 2.16. The molecule has 14 heavy (non-hydrogen) atoms. The average molecular weight is 193 g/mol. The molecule has 0 aliphatic carbocycles. The molecule has 1 N–H and O–H groups in total. The van der Waals surface area contributed by atoms with Crippen molar-refractivity contribution in [3.63, 3.8) is 0 Å². The quantitative estimate of drug-likeness (QED) is 0.780. The second kappa shape index (κ2) is 4.50. The van der Waals surface area contributed by atoms with Crippen LogP contribution in [0, 0.1) is 0 Å². The van der Waals surface area contributed by atoms with Crippen LogP contribution in [0.2, 0.25) is 0 Å². The number of nitrogens with zero attached hydrogens (tertiary/aromatic N) is 2. The molecule has 0 spiro atoms. The Hall–Kier alpha value is -1.71. The molecule has 0 unspecified atom stereocenters. The van der Waals surface area contributed by atoms with E-state index in [1.165, 1.54) is 0 Å². The topological polar surface area (TPSA) is 37.4 Å². The van der Waals surface area contributed by atoms with Gasteiger partial charge in [-0.3, -0.25) is 0 Å². The molecule has 1 aromatic heterocycles. The van der Waals surface area contributed by atoms with E-state index in [4.69, 9.17) is 4.74 Å². The molecule has 0 saturated carbocycles. The minimum atomic E-state index is 0.609. The van der Waals surface area contributed by atoms with Crippen molar-refractivity contribution in [2.24, 2.45) is 0 Å². The van der Waals surface area contributed by atoms with Gasteiger partial charge in [0.2, 0.25) is 5.88 Å². The van der Waals surface area contributed by atoms with Gasteiger partial charge in [0, 0.05) is 20.2 Å². The zero-order chi connectivity index (χ0) is 10.6. The fourth-order valence-corrected chi connectivity index (χ4v) is 1.02. The van der Waals surface area contributed by atoms with Crippen molar-refractivity contribution < 1.29 is 4.74 Å². The van der Waals surface area contributed by atoms with Crippen molar-refractivity contribution in [1.29, 1.82) is 0 Å². The first-order chi connectivity index (χ1) is 6.69. The van der Waals surface area contributed by atoms with E-state index < -0.39 is 0 Å². The summed E-state index contributed by atoms with van der Waals surface area (Å²) in [4.78, 5) is 6.01. The Balaban J connectivity index is 2.81. The van der Waals surface area contributed by atoms with Gasteiger partial charge in [-0.2, -0.15) is 0 Å². The van der Waals surface area contributed by atoms with Gasteiger partial charge in [-0.25, -0.2) is 4.98 Å². The number of hydrogen-bond acceptors (Lipinski definition) is 4. The zero-order valence-corrected chi connectivity index (χ0v) is 8.74. The zero-order valence-electron chi connectivity index (χ0n) is 8.74. The van der Waals surface area contributed by atoms with E-state index in [9.17, 15) is 0 Å². The summed E-state index contributed by atoms with van der Waals surface area (Å²) in [5.74, 6) is 1.43. The molecule has 0 aliphatic rings. The smallest absolute Gasteiger partial charge is 0.213 e. The van der Waals surface area contributed by atoms with E-state index in [1.54, 1.807) is 13.3 Å². The van der Waals surface area contributed by atoms with Crippen LogP contribution in [0.1, 0.15) is 0 Å². The van der Waals surface area contributed by atoms with Crippen LogP contribution in [0.15, 0.2) is 30.7 Å². The maximum atomic E-state index is 4.97. The van der Waals surface area contributed by atoms with Crippen molar-refractivity contribution >= 4 is 5.69 Å². The Morgan fingerprint density at radius 3 is 2.71 bits per heavy atom. The molecule has 0 atom stereocenters. The van der Waals surface area contributed by atoms with Gasteiger partial charge in [0.25, 0.3) is 0 Å². The maximum absolute atomic E-state index is 4.97. The number of rotatable bonds is 4. The summed E-state index contributed by atoms with van der Waals surface area (Å²) >= 11 is 0. The SMILES string of the molecule is C=C(NC)N(C)c1ccc(OC)nc1. The fraction of sp³-hybridized carbons (Fsp3) is 0.300. The molecule has 1 aromatic rings. The summed E-state index contributed by atoms with van der Waals surface area (Å²) in [5.41, 5.74) is 0.963. The van der Waals surface area contributed by atoms with E-state index >= 15 is 0 Å². The highest BCUT2D eigenvalue weighted by atomic mass is 16.5. The third-order valence-electron chi connectivity index (χ3n) is 2.01. The molecule has 4 heteroatoms. The lowest BCUT2D eigenvalue weighted by molar-refractivity contribution is 0.398. The van der Waals surface area contributed by atoms with E-state index in [2.05, 4.69) is 16.9 Å². The lowest BCUT2D eigenvalue weighted by Crippen LogP contribution is -2.24. The second-order valence-electron chi connectivity index (χ2n) is 2.81. The van der Waals surface area contributed by atoms with Crippen LogP contribution in [0.25, 0.3) is 0 Å². The molecule has 1 rings (SSSR count). The van der Waals surface area contributed by atoms with Crippen molar-refractivity contribution in [1.82, 2.24) is 10.3 Å². The van der Waals surface area contributed by atoms with E-state index in [-0.39, 0.29) is 0 Å².